The van der Waals surface area contributed by atoms with Gasteiger partial charge in [-0.1, -0.05) is 0 Å². The quantitative estimate of drug-likeness (QED) is 0.760. The molecule has 1 saturated heterocycles. The summed E-state index contributed by atoms with van der Waals surface area (Å²) >= 11 is 0. The Labute approximate surface area is 153 Å². The van der Waals surface area contributed by atoms with Gasteiger partial charge in [0, 0.05) is 31.0 Å². The van der Waals surface area contributed by atoms with Gasteiger partial charge in [0.05, 0.1) is 24.0 Å². The number of imidazole rings is 1. The van der Waals surface area contributed by atoms with Crippen molar-refractivity contribution < 1.29 is 14.0 Å². The number of halogens is 1. The van der Waals surface area contributed by atoms with Crippen molar-refractivity contribution in [3.05, 3.63) is 61.2 Å². The Balaban J connectivity index is 1.41. The van der Waals surface area contributed by atoms with Crippen LogP contribution in [0.2, 0.25) is 0 Å². The van der Waals surface area contributed by atoms with E-state index in [1.54, 1.807) is 23.3 Å². The summed E-state index contributed by atoms with van der Waals surface area (Å²) in [6.07, 6.45) is 7.98. The average molecular weight is 366 g/mol. The van der Waals surface area contributed by atoms with E-state index in [1.807, 2.05) is 0 Å². The van der Waals surface area contributed by atoms with E-state index < -0.39 is 5.92 Å². The minimum absolute atomic E-state index is 0.0944. The second kappa shape index (κ2) is 6.94. The molecule has 3 heterocycles. The number of benzene rings is 1. The molecular formula is C18H15FN6O2. The van der Waals surface area contributed by atoms with Gasteiger partial charge in [-0.15, -0.1) is 0 Å². The van der Waals surface area contributed by atoms with E-state index in [0.29, 0.717) is 17.3 Å². The molecule has 0 aliphatic carbocycles. The molecule has 27 heavy (non-hydrogen) atoms. The minimum atomic E-state index is -0.504. The van der Waals surface area contributed by atoms with E-state index in [4.69, 9.17) is 0 Å². The van der Waals surface area contributed by atoms with Crippen LogP contribution in [0.3, 0.4) is 0 Å². The lowest BCUT2D eigenvalue weighted by molar-refractivity contribution is -0.122. The smallest absolute Gasteiger partial charge is 0.234 e. The standard InChI is InChI=1S/C18H15FN6O2/c19-13-1-3-15(4-2-13)25-10-12(7-16(25)26)17(27)23-14-8-21-18(22-9-14)24-6-5-20-11-24/h1-6,8-9,11-12H,7,10H2,(H,23,27). The van der Waals surface area contributed by atoms with E-state index in [2.05, 4.69) is 20.3 Å². The van der Waals surface area contributed by atoms with Crippen molar-refractivity contribution in [2.45, 2.75) is 6.42 Å². The predicted molar refractivity (Wildman–Crippen MR) is 94.6 cm³/mol. The topological polar surface area (TPSA) is 93.0 Å². The number of aromatic nitrogens is 4. The molecule has 136 valence electrons. The lowest BCUT2D eigenvalue weighted by Gasteiger charge is -2.16. The van der Waals surface area contributed by atoms with E-state index in [1.165, 1.54) is 41.6 Å². The highest BCUT2D eigenvalue weighted by molar-refractivity contribution is 6.03. The zero-order chi connectivity index (χ0) is 18.8. The summed E-state index contributed by atoms with van der Waals surface area (Å²) in [4.78, 5) is 38.5. The van der Waals surface area contributed by atoms with Crippen molar-refractivity contribution in [2.24, 2.45) is 5.92 Å². The van der Waals surface area contributed by atoms with Crippen molar-refractivity contribution in [3.8, 4) is 5.95 Å². The van der Waals surface area contributed by atoms with Crippen molar-refractivity contribution >= 4 is 23.2 Å². The molecule has 0 spiro atoms. The van der Waals surface area contributed by atoms with Crippen LogP contribution in [0.4, 0.5) is 15.8 Å². The van der Waals surface area contributed by atoms with Crippen LogP contribution in [0, 0.1) is 11.7 Å². The summed E-state index contributed by atoms with van der Waals surface area (Å²) in [5.41, 5.74) is 1.02. The molecule has 1 N–H and O–H groups in total. The normalized spacial score (nSPS) is 16.6. The Morgan fingerprint density at radius 2 is 1.93 bits per heavy atom. The number of hydrogen-bond donors (Lipinski definition) is 1. The zero-order valence-corrected chi connectivity index (χ0v) is 14.1. The highest BCUT2D eigenvalue weighted by Crippen LogP contribution is 2.26. The van der Waals surface area contributed by atoms with Crippen LogP contribution in [0.15, 0.2) is 55.4 Å². The fraction of sp³-hybridized carbons (Fsp3) is 0.167. The zero-order valence-electron chi connectivity index (χ0n) is 14.1. The van der Waals surface area contributed by atoms with E-state index in [-0.39, 0.29) is 30.6 Å². The third-order valence-electron chi connectivity index (χ3n) is 4.28. The van der Waals surface area contributed by atoms with Gasteiger partial charge in [0.15, 0.2) is 0 Å². The second-order valence-corrected chi connectivity index (χ2v) is 6.11. The molecule has 1 aliphatic heterocycles. The third kappa shape index (κ3) is 3.52. The van der Waals surface area contributed by atoms with Crippen LogP contribution in [0.25, 0.3) is 5.95 Å². The van der Waals surface area contributed by atoms with E-state index in [9.17, 15) is 14.0 Å². The summed E-state index contributed by atoms with van der Waals surface area (Å²) in [5.74, 6) is -0.904. The molecule has 2 aromatic heterocycles. The first-order chi connectivity index (χ1) is 13.1. The van der Waals surface area contributed by atoms with Gasteiger partial charge < -0.3 is 10.2 Å². The second-order valence-electron chi connectivity index (χ2n) is 6.11. The van der Waals surface area contributed by atoms with Crippen LogP contribution in [0.1, 0.15) is 6.42 Å². The van der Waals surface area contributed by atoms with Crippen LogP contribution in [-0.2, 0) is 9.59 Å². The highest BCUT2D eigenvalue weighted by Gasteiger charge is 2.35. The van der Waals surface area contributed by atoms with E-state index >= 15 is 0 Å². The lowest BCUT2D eigenvalue weighted by atomic mass is 10.1. The lowest BCUT2D eigenvalue weighted by Crippen LogP contribution is -2.28. The number of hydrogen-bond acceptors (Lipinski definition) is 5. The van der Waals surface area contributed by atoms with Gasteiger partial charge in [0.2, 0.25) is 17.8 Å². The van der Waals surface area contributed by atoms with Gasteiger partial charge in [0.25, 0.3) is 0 Å². The van der Waals surface area contributed by atoms with Gasteiger partial charge >= 0.3 is 0 Å². The maximum Gasteiger partial charge on any atom is 0.234 e. The molecule has 3 aromatic rings. The predicted octanol–water partition coefficient (Wildman–Crippen LogP) is 1.79. The third-order valence-corrected chi connectivity index (χ3v) is 4.28. The minimum Gasteiger partial charge on any atom is -0.323 e. The van der Waals surface area contributed by atoms with Crippen molar-refractivity contribution in [1.82, 2.24) is 19.5 Å². The average Bonchev–Trinajstić information content (AvgIpc) is 3.33. The maximum atomic E-state index is 13.1. The number of nitrogens with one attached hydrogen (secondary N) is 1. The molecular weight excluding hydrogens is 351 g/mol. The number of rotatable bonds is 4. The summed E-state index contributed by atoms with van der Waals surface area (Å²) in [6, 6.07) is 5.62. The molecule has 4 rings (SSSR count). The molecule has 0 radical (unpaired) electrons. The first-order valence-corrected chi connectivity index (χ1v) is 8.27. The van der Waals surface area contributed by atoms with Crippen LogP contribution < -0.4 is 10.2 Å². The Morgan fingerprint density at radius 3 is 2.59 bits per heavy atom. The van der Waals surface area contributed by atoms with Crippen molar-refractivity contribution in [2.75, 3.05) is 16.8 Å². The van der Waals surface area contributed by atoms with Crippen LogP contribution >= 0.6 is 0 Å². The SMILES string of the molecule is O=C(Nc1cnc(-n2ccnc2)nc1)C1CC(=O)N(c2ccc(F)cc2)C1. The summed E-state index contributed by atoms with van der Waals surface area (Å²) in [5, 5.41) is 2.73. The number of carbonyl (C=O) groups excluding carboxylic acids is 2. The first-order valence-electron chi connectivity index (χ1n) is 8.27. The van der Waals surface area contributed by atoms with Gasteiger partial charge in [-0.05, 0) is 24.3 Å². The number of amides is 2. The Bertz CT molecular complexity index is 957. The first kappa shape index (κ1) is 16.8. The van der Waals surface area contributed by atoms with Gasteiger partial charge in [-0.2, -0.15) is 0 Å². The highest BCUT2D eigenvalue weighted by atomic mass is 19.1. The molecule has 2 amide bonds. The van der Waals surface area contributed by atoms with Crippen LogP contribution in [0.5, 0.6) is 0 Å². The van der Waals surface area contributed by atoms with Crippen LogP contribution in [-0.4, -0.2) is 37.9 Å². The van der Waals surface area contributed by atoms with Gasteiger partial charge in [-0.3, -0.25) is 14.2 Å². The maximum absolute atomic E-state index is 13.1. The molecule has 1 aliphatic rings. The van der Waals surface area contributed by atoms with Gasteiger partial charge in [0.1, 0.15) is 12.1 Å². The molecule has 1 fully saturated rings. The Hall–Kier alpha value is -3.62. The van der Waals surface area contributed by atoms with Crippen molar-refractivity contribution in [1.29, 1.82) is 0 Å². The Morgan fingerprint density at radius 1 is 1.19 bits per heavy atom. The monoisotopic (exact) mass is 366 g/mol. The number of anilines is 2. The summed E-state index contributed by atoms with van der Waals surface area (Å²) < 4.78 is 14.7. The molecule has 9 heteroatoms. The molecule has 8 nitrogen and oxygen atoms in total. The molecule has 1 atom stereocenters. The van der Waals surface area contributed by atoms with Gasteiger partial charge in [-0.25, -0.2) is 19.3 Å². The largest absolute Gasteiger partial charge is 0.323 e. The number of carbonyl (C=O) groups is 2. The summed E-state index contributed by atoms with van der Waals surface area (Å²) in [6.45, 7) is 0.240. The van der Waals surface area contributed by atoms with Crippen molar-refractivity contribution in [3.63, 3.8) is 0 Å². The fourth-order valence-corrected chi connectivity index (χ4v) is 2.89. The molecule has 0 bridgehead atoms. The fourth-order valence-electron chi connectivity index (χ4n) is 2.89. The number of nitrogens with zero attached hydrogens (tertiary/aromatic N) is 5. The van der Waals surface area contributed by atoms with E-state index in [0.717, 1.165) is 0 Å². The molecule has 0 saturated carbocycles. The molecule has 1 unspecified atom stereocenters. The molecule has 1 aromatic carbocycles. The Kier molecular flexibility index (Phi) is 4.33. The summed E-state index contributed by atoms with van der Waals surface area (Å²) in [7, 11) is 0.